The van der Waals surface area contributed by atoms with Crippen LogP contribution in [0.25, 0.3) is 0 Å². The topological polar surface area (TPSA) is 0 Å². The Balaban J connectivity index is 0.000000280. The second kappa shape index (κ2) is 8.56. The third-order valence-corrected chi connectivity index (χ3v) is 1.94. The SMILES string of the molecule is C[C-](C)c1ccccc1.[C-]1=CC=CC1.[Pt+2]. The van der Waals surface area contributed by atoms with Gasteiger partial charge in [0, 0.05) is 0 Å². The van der Waals surface area contributed by atoms with E-state index in [1.54, 1.807) is 0 Å². The van der Waals surface area contributed by atoms with Gasteiger partial charge in [-0.1, -0.05) is 19.9 Å². The zero-order valence-corrected chi connectivity index (χ0v) is 11.4. The summed E-state index contributed by atoms with van der Waals surface area (Å²) in [7, 11) is 0. The molecule has 15 heavy (non-hydrogen) atoms. The Labute approximate surface area is 107 Å². The van der Waals surface area contributed by atoms with E-state index >= 15 is 0 Å². The average molecular weight is 379 g/mol. The fraction of sp³-hybridized carbons (Fsp3) is 0.214. The molecule has 0 amide bonds. The molecule has 1 aromatic carbocycles. The molecule has 2 rings (SSSR count). The summed E-state index contributed by atoms with van der Waals surface area (Å²) in [6.45, 7) is 4.24. The fourth-order valence-electron chi connectivity index (χ4n) is 1.11. The van der Waals surface area contributed by atoms with E-state index in [1.165, 1.54) is 11.5 Å². The first-order valence-corrected chi connectivity index (χ1v) is 4.88. The van der Waals surface area contributed by atoms with E-state index < -0.39 is 0 Å². The van der Waals surface area contributed by atoms with Crippen molar-refractivity contribution < 1.29 is 21.1 Å². The average Bonchev–Trinajstić information content (AvgIpc) is 2.77. The Hall–Kier alpha value is -0.742. The van der Waals surface area contributed by atoms with Crippen molar-refractivity contribution in [2.24, 2.45) is 0 Å². The van der Waals surface area contributed by atoms with Gasteiger partial charge in [-0.15, -0.1) is 18.6 Å². The molecule has 82 valence electrons. The summed E-state index contributed by atoms with van der Waals surface area (Å²) < 4.78 is 0. The van der Waals surface area contributed by atoms with Gasteiger partial charge in [-0.05, 0) is 0 Å². The van der Waals surface area contributed by atoms with Gasteiger partial charge in [0.1, 0.15) is 0 Å². The Bertz CT molecular complexity index is 286. The molecular formula is C14H16Pt. The third kappa shape index (κ3) is 6.36. The summed E-state index contributed by atoms with van der Waals surface area (Å²) in [6, 6.07) is 10.4. The molecule has 0 bridgehead atoms. The Kier molecular flexibility index (Phi) is 8.13. The van der Waals surface area contributed by atoms with Gasteiger partial charge in [-0.2, -0.15) is 29.7 Å². The quantitative estimate of drug-likeness (QED) is 0.649. The molecule has 1 aromatic rings. The molecule has 0 N–H and O–H groups in total. The zero-order chi connectivity index (χ0) is 10.2. The maximum atomic E-state index is 2.99. The van der Waals surface area contributed by atoms with Gasteiger partial charge in [-0.25, -0.2) is 12.2 Å². The van der Waals surface area contributed by atoms with Crippen molar-refractivity contribution in [2.75, 3.05) is 0 Å². The minimum Gasteiger partial charge on any atom is -0.273 e. The van der Waals surface area contributed by atoms with Gasteiger partial charge in [0.2, 0.25) is 0 Å². The smallest absolute Gasteiger partial charge is 0.273 e. The maximum Gasteiger partial charge on any atom is 2.00 e. The first-order valence-electron chi connectivity index (χ1n) is 4.88. The second-order valence-electron chi connectivity index (χ2n) is 3.37. The molecule has 0 saturated carbocycles. The number of allylic oxidation sites excluding steroid dienone is 4. The number of hydrogen-bond acceptors (Lipinski definition) is 0. The summed E-state index contributed by atoms with van der Waals surface area (Å²) in [6.07, 6.45) is 10.0. The molecule has 1 heteroatoms. The molecule has 0 nitrogen and oxygen atoms in total. The predicted molar refractivity (Wildman–Crippen MR) is 61.7 cm³/mol. The standard InChI is InChI=1S/C9H11.C5H5.Pt/c1-8(2)9-6-4-3-5-7-9;1-2-4-5-3-1;/h3-7H,1-2H3;1-3H,4H2;/q2*-1;+2. The van der Waals surface area contributed by atoms with Crippen LogP contribution in [0.4, 0.5) is 0 Å². The molecule has 0 unspecified atom stereocenters. The first kappa shape index (κ1) is 14.3. The van der Waals surface area contributed by atoms with E-state index in [1.807, 2.05) is 18.2 Å². The molecule has 1 aliphatic carbocycles. The predicted octanol–water partition coefficient (Wildman–Crippen LogP) is 3.95. The first-order chi connectivity index (χ1) is 6.80. The largest absolute Gasteiger partial charge is 2.00 e. The van der Waals surface area contributed by atoms with Crippen LogP contribution in [-0.2, 0) is 21.1 Å². The van der Waals surface area contributed by atoms with Crippen LogP contribution in [0.2, 0.25) is 0 Å². The molecule has 0 aliphatic heterocycles. The van der Waals surface area contributed by atoms with E-state index in [9.17, 15) is 0 Å². The van der Waals surface area contributed by atoms with Gasteiger partial charge in [-0.3, -0.25) is 6.08 Å². The van der Waals surface area contributed by atoms with Gasteiger partial charge >= 0.3 is 21.1 Å². The molecule has 0 heterocycles. The van der Waals surface area contributed by atoms with Crippen LogP contribution in [0.3, 0.4) is 0 Å². The van der Waals surface area contributed by atoms with Gasteiger partial charge in [0.05, 0.1) is 0 Å². The van der Waals surface area contributed by atoms with Crippen LogP contribution in [0.5, 0.6) is 0 Å². The van der Waals surface area contributed by atoms with Crippen LogP contribution < -0.4 is 0 Å². The van der Waals surface area contributed by atoms with E-state index in [4.69, 9.17) is 0 Å². The molecule has 0 fully saturated rings. The Morgan fingerprint density at radius 1 is 1.13 bits per heavy atom. The van der Waals surface area contributed by atoms with Crippen LogP contribution in [-0.4, -0.2) is 0 Å². The Morgan fingerprint density at radius 3 is 2.07 bits per heavy atom. The number of rotatable bonds is 1. The van der Waals surface area contributed by atoms with E-state index in [0.717, 1.165) is 6.42 Å². The second-order valence-corrected chi connectivity index (χ2v) is 3.37. The number of benzene rings is 1. The summed E-state index contributed by atoms with van der Waals surface area (Å²) in [5.41, 5.74) is 1.33. The molecule has 0 atom stereocenters. The molecule has 0 spiro atoms. The van der Waals surface area contributed by atoms with Crippen molar-refractivity contribution in [1.82, 2.24) is 0 Å². The fourth-order valence-corrected chi connectivity index (χ4v) is 1.11. The van der Waals surface area contributed by atoms with E-state index in [0.29, 0.717) is 0 Å². The van der Waals surface area contributed by atoms with Crippen molar-refractivity contribution in [2.45, 2.75) is 20.3 Å². The minimum atomic E-state index is 0. The van der Waals surface area contributed by atoms with E-state index in [2.05, 4.69) is 50.3 Å². The van der Waals surface area contributed by atoms with Gasteiger partial charge in [0.25, 0.3) is 0 Å². The van der Waals surface area contributed by atoms with Crippen molar-refractivity contribution in [3.05, 3.63) is 66.1 Å². The summed E-state index contributed by atoms with van der Waals surface area (Å²) in [5, 5.41) is 0. The van der Waals surface area contributed by atoms with Crippen LogP contribution in [0.1, 0.15) is 25.8 Å². The normalized spacial score (nSPS) is 11.3. The maximum absolute atomic E-state index is 2.99. The molecule has 1 aliphatic rings. The van der Waals surface area contributed by atoms with Crippen molar-refractivity contribution in [3.63, 3.8) is 0 Å². The summed E-state index contributed by atoms with van der Waals surface area (Å²) in [5.74, 6) is 1.37. The molecule has 0 radical (unpaired) electrons. The van der Waals surface area contributed by atoms with Crippen LogP contribution in [0.15, 0.2) is 48.6 Å². The number of hydrogen-bond donors (Lipinski definition) is 0. The Morgan fingerprint density at radius 2 is 1.80 bits per heavy atom. The van der Waals surface area contributed by atoms with Crippen molar-refractivity contribution in [3.8, 4) is 0 Å². The van der Waals surface area contributed by atoms with Crippen molar-refractivity contribution in [1.29, 1.82) is 0 Å². The van der Waals surface area contributed by atoms with Gasteiger partial charge in [0.15, 0.2) is 0 Å². The van der Waals surface area contributed by atoms with Crippen molar-refractivity contribution >= 4 is 0 Å². The minimum absolute atomic E-state index is 0. The molecule has 0 aromatic heterocycles. The van der Waals surface area contributed by atoms with E-state index in [-0.39, 0.29) is 21.1 Å². The van der Waals surface area contributed by atoms with Crippen LogP contribution >= 0.6 is 0 Å². The van der Waals surface area contributed by atoms with Crippen LogP contribution in [0, 0.1) is 12.0 Å². The summed E-state index contributed by atoms with van der Waals surface area (Å²) in [4.78, 5) is 0. The zero-order valence-electron chi connectivity index (χ0n) is 9.14. The van der Waals surface area contributed by atoms with Gasteiger partial charge < -0.3 is 0 Å². The molecule has 0 saturated heterocycles. The monoisotopic (exact) mass is 379 g/mol. The summed E-state index contributed by atoms with van der Waals surface area (Å²) >= 11 is 0. The third-order valence-electron chi connectivity index (χ3n) is 1.94. The molecular weight excluding hydrogens is 363 g/mol.